The van der Waals surface area contributed by atoms with Gasteiger partial charge in [0, 0.05) is 0 Å². The molecular formula is C4H8S3. The standard InChI is InChI=1S/C4H8S3/c1-3-5-4(2)7-6-3/h3-4H,1-2H3/t3-,4-/m1/s1. The normalized spacial score (nSPS) is 42.0. The van der Waals surface area contributed by atoms with Crippen LogP contribution in [0.4, 0.5) is 0 Å². The third-order valence-corrected chi connectivity index (χ3v) is 6.17. The molecule has 1 aliphatic rings. The third-order valence-electron chi connectivity index (χ3n) is 0.710. The van der Waals surface area contributed by atoms with Crippen LogP contribution in [-0.4, -0.2) is 9.16 Å². The average Bonchev–Trinajstić information content (AvgIpc) is 1.87. The van der Waals surface area contributed by atoms with Crippen LogP contribution in [0.25, 0.3) is 0 Å². The van der Waals surface area contributed by atoms with Crippen molar-refractivity contribution in [1.82, 2.24) is 0 Å². The Morgan fingerprint density at radius 2 is 1.43 bits per heavy atom. The van der Waals surface area contributed by atoms with Gasteiger partial charge in [-0.1, -0.05) is 21.6 Å². The van der Waals surface area contributed by atoms with Crippen molar-refractivity contribution in [3.05, 3.63) is 0 Å². The summed E-state index contributed by atoms with van der Waals surface area (Å²) < 4.78 is 1.64. The number of hydrogen-bond donors (Lipinski definition) is 0. The predicted molar refractivity (Wildman–Crippen MR) is 41.7 cm³/mol. The van der Waals surface area contributed by atoms with E-state index in [2.05, 4.69) is 13.8 Å². The second-order valence-corrected chi connectivity index (χ2v) is 6.70. The fraction of sp³-hybridized carbons (Fsp3) is 1.00. The van der Waals surface area contributed by atoms with Crippen LogP contribution in [0.3, 0.4) is 0 Å². The fourth-order valence-corrected chi connectivity index (χ4v) is 5.47. The van der Waals surface area contributed by atoms with Crippen molar-refractivity contribution in [1.29, 1.82) is 0 Å². The number of thioether (sulfide) groups is 1. The highest BCUT2D eigenvalue weighted by molar-refractivity contribution is 8.82. The molecule has 0 aromatic carbocycles. The minimum absolute atomic E-state index is 0.819. The van der Waals surface area contributed by atoms with Gasteiger partial charge in [0.2, 0.25) is 0 Å². The van der Waals surface area contributed by atoms with Crippen molar-refractivity contribution in [3.63, 3.8) is 0 Å². The molecule has 0 aromatic rings. The molecule has 42 valence electrons. The second-order valence-electron chi connectivity index (χ2n) is 1.46. The van der Waals surface area contributed by atoms with Crippen molar-refractivity contribution < 1.29 is 0 Å². The van der Waals surface area contributed by atoms with Gasteiger partial charge in [-0.2, -0.15) is 0 Å². The van der Waals surface area contributed by atoms with Gasteiger partial charge in [0.1, 0.15) is 0 Å². The lowest BCUT2D eigenvalue weighted by Crippen LogP contribution is -1.81. The molecule has 0 unspecified atom stereocenters. The Labute approximate surface area is 56.6 Å². The first-order valence-electron chi connectivity index (χ1n) is 2.26. The van der Waals surface area contributed by atoms with Crippen molar-refractivity contribution in [2.45, 2.75) is 23.0 Å². The summed E-state index contributed by atoms with van der Waals surface area (Å²) in [6.07, 6.45) is 0. The van der Waals surface area contributed by atoms with E-state index in [1.54, 1.807) is 0 Å². The molecular weight excluding hydrogens is 144 g/mol. The summed E-state index contributed by atoms with van der Waals surface area (Å²) in [6, 6.07) is 0. The summed E-state index contributed by atoms with van der Waals surface area (Å²) in [7, 11) is 3.97. The molecule has 0 spiro atoms. The van der Waals surface area contributed by atoms with Gasteiger partial charge in [-0.3, -0.25) is 0 Å². The largest absolute Gasteiger partial charge is 0.132 e. The van der Waals surface area contributed by atoms with Crippen molar-refractivity contribution >= 4 is 33.3 Å². The molecule has 1 fully saturated rings. The molecule has 1 saturated heterocycles. The smallest absolute Gasteiger partial charge is 0.0589 e. The zero-order valence-electron chi connectivity index (χ0n) is 4.38. The highest BCUT2D eigenvalue weighted by Crippen LogP contribution is 2.49. The Balaban J connectivity index is 2.26. The fourth-order valence-electron chi connectivity index (χ4n) is 0.472. The van der Waals surface area contributed by atoms with Crippen LogP contribution < -0.4 is 0 Å². The first-order chi connectivity index (χ1) is 3.29. The molecule has 7 heavy (non-hydrogen) atoms. The maximum absolute atomic E-state index is 2.26. The third kappa shape index (κ3) is 1.78. The Morgan fingerprint density at radius 1 is 1.00 bits per heavy atom. The Bertz CT molecular complexity index is 56.0. The molecule has 0 amide bonds. The minimum Gasteiger partial charge on any atom is -0.132 e. The van der Waals surface area contributed by atoms with Gasteiger partial charge in [-0.15, -0.1) is 11.8 Å². The summed E-state index contributed by atoms with van der Waals surface area (Å²) in [4.78, 5) is 0. The Morgan fingerprint density at radius 3 is 1.57 bits per heavy atom. The number of rotatable bonds is 0. The highest BCUT2D eigenvalue weighted by Gasteiger charge is 2.18. The van der Waals surface area contributed by atoms with E-state index in [9.17, 15) is 0 Å². The van der Waals surface area contributed by atoms with E-state index in [0.717, 1.165) is 9.16 Å². The molecule has 0 aromatic heterocycles. The topological polar surface area (TPSA) is 0 Å². The van der Waals surface area contributed by atoms with Gasteiger partial charge < -0.3 is 0 Å². The highest BCUT2D eigenvalue weighted by atomic mass is 33.1. The Hall–Kier alpha value is 1.05. The molecule has 0 radical (unpaired) electrons. The quantitative estimate of drug-likeness (QED) is 0.490. The van der Waals surface area contributed by atoms with Crippen molar-refractivity contribution in [3.8, 4) is 0 Å². The lowest BCUT2D eigenvalue weighted by Gasteiger charge is -1.93. The van der Waals surface area contributed by atoms with Crippen LogP contribution in [0.5, 0.6) is 0 Å². The van der Waals surface area contributed by atoms with Crippen LogP contribution in [0.2, 0.25) is 0 Å². The number of hydrogen-bond acceptors (Lipinski definition) is 3. The molecule has 1 aliphatic heterocycles. The van der Waals surface area contributed by atoms with Gasteiger partial charge >= 0.3 is 0 Å². The van der Waals surface area contributed by atoms with E-state index in [0.29, 0.717) is 0 Å². The van der Waals surface area contributed by atoms with Gasteiger partial charge in [0.15, 0.2) is 0 Å². The molecule has 0 N–H and O–H groups in total. The van der Waals surface area contributed by atoms with E-state index < -0.39 is 0 Å². The van der Waals surface area contributed by atoms with Crippen LogP contribution >= 0.6 is 33.3 Å². The van der Waals surface area contributed by atoms with Crippen molar-refractivity contribution in [2.24, 2.45) is 0 Å². The van der Waals surface area contributed by atoms with Gasteiger partial charge in [0.05, 0.1) is 9.16 Å². The molecule has 0 bridgehead atoms. The maximum Gasteiger partial charge on any atom is 0.0589 e. The molecule has 0 saturated carbocycles. The summed E-state index contributed by atoms with van der Waals surface area (Å²) in [5.41, 5.74) is 0. The lowest BCUT2D eigenvalue weighted by atomic mass is 10.9. The SMILES string of the molecule is C[C@H]1SS[C@H](C)S1. The predicted octanol–water partition coefficient (Wildman–Crippen LogP) is 2.81. The molecule has 3 heteroatoms. The van der Waals surface area contributed by atoms with Gasteiger partial charge in [-0.25, -0.2) is 0 Å². The van der Waals surface area contributed by atoms with E-state index >= 15 is 0 Å². The summed E-state index contributed by atoms with van der Waals surface area (Å²) >= 11 is 2.05. The van der Waals surface area contributed by atoms with E-state index in [1.165, 1.54) is 0 Å². The molecule has 1 heterocycles. The second kappa shape index (κ2) is 2.55. The lowest BCUT2D eigenvalue weighted by molar-refractivity contribution is 1.38. The molecule has 1 rings (SSSR count). The van der Waals surface area contributed by atoms with Crippen molar-refractivity contribution in [2.75, 3.05) is 0 Å². The van der Waals surface area contributed by atoms with Crippen LogP contribution in [0, 0.1) is 0 Å². The minimum atomic E-state index is 0.819. The van der Waals surface area contributed by atoms with E-state index in [4.69, 9.17) is 0 Å². The first kappa shape index (κ1) is 6.17. The van der Waals surface area contributed by atoms with Crippen LogP contribution in [-0.2, 0) is 0 Å². The zero-order valence-corrected chi connectivity index (χ0v) is 6.83. The van der Waals surface area contributed by atoms with E-state index in [-0.39, 0.29) is 0 Å². The van der Waals surface area contributed by atoms with Crippen LogP contribution in [0.15, 0.2) is 0 Å². The summed E-state index contributed by atoms with van der Waals surface area (Å²) in [5, 5.41) is 0. The summed E-state index contributed by atoms with van der Waals surface area (Å²) in [6.45, 7) is 4.51. The maximum atomic E-state index is 2.26. The average molecular weight is 152 g/mol. The molecule has 0 aliphatic carbocycles. The zero-order chi connectivity index (χ0) is 5.28. The van der Waals surface area contributed by atoms with E-state index in [1.807, 2.05) is 33.3 Å². The molecule has 0 nitrogen and oxygen atoms in total. The summed E-state index contributed by atoms with van der Waals surface area (Å²) in [5.74, 6) is 0. The monoisotopic (exact) mass is 152 g/mol. The van der Waals surface area contributed by atoms with Gasteiger partial charge in [-0.05, 0) is 13.8 Å². The molecule has 2 atom stereocenters. The Kier molecular flexibility index (Phi) is 2.25. The first-order valence-corrected chi connectivity index (χ1v) is 5.48. The van der Waals surface area contributed by atoms with Crippen LogP contribution in [0.1, 0.15) is 13.8 Å². The van der Waals surface area contributed by atoms with Gasteiger partial charge in [0.25, 0.3) is 0 Å².